The molecule has 0 radical (unpaired) electrons. The summed E-state index contributed by atoms with van der Waals surface area (Å²) in [5, 5.41) is 3.20. The Hall–Kier alpha value is -1.53. The molecule has 4 nitrogen and oxygen atoms in total. The van der Waals surface area contributed by atoms with Gasteiger partial charge in [0.25, 0.3) is 0 Å². The number of halogens is 3. The van der Waals surface area contributed by atoms with Crippen LogP contribution < -0.4 is 10.1 Å². The fourth-order valence-electron chi connectivity index (χ4n) is 2.14. The summed E-state index contributed by atoms with van der Waals surface area (Å²) in [4.78, 5) is 7.44. The predicted molar refractivity (Wildman–Crippen MR) is 59.2 cm³/mol. The van der Waals surface area contributed by atoms with Crippen molar-refractivity contribution in [2.75, 3.05) is 5.32 Å². The minimum Gasteiger partial charge on any atom is -0.386 e. The third kappa shape index (κ3) is 3.48. The van der Waals surface area contributed by atoms with Crippen LogP contribution in [0.5, 0.6) is 5.88 Å². The summed E-state index contributed by atoms with van der Waals surface area (Å²) in [5.41, 5.74) is -0.0406. The number of anilines is 1. The number of hydrogen-bond donors (Lipinski definition) is 1. The molecule has 2 rings (SSSR count). The Morgan fingerprint density at radius 1 is 1.22 bits per heavy atom. The van der Waals surface area contributed by atoms with Crippen LogP contribution in [0.15, 0.2) is 12.4 Å². The molecule has 0 atom stereocenters. The second-order valence-corrected chi connectivity index (χ2v) is 4.68. The standard InChI is InChI=1S/C11H14F3N3O/c1-10(4-2-3-5-10)17-8-6-16-9(7-15-8)18-11(12,13)14/h6-7H,2-5H2,1H3,(H,15,17). The Morgan fingerprint density at radius 2 is 1.89 bits per heavy atom. The van der Waals surface area contributed by atoms with Crippen LogP contribution in [-0.4, -0.2) is 21.9 Å². The lowest BCUT2D eigenvalue weighted by atomic mass is 10.0. The highest BCUT2D eigenvalue weighted by Crippen LogP contribution is 2.32. The summed E-state index contributed by atoms with van der Waals surface area (Å²) in [5.74, 6) is -0.0847. The van der Waals surface area contributed by atoms with Crippen molar-refractivity contribution in [2.45, 2.75) is 44.5 Å². The van der Waals surface area contributed by atoms with Gasteiger partial charge in [0.05, 0.1) is 12.4 Å². The minimum absolute atomic E-state index is 0.0406. The Bertz CT molecular complexity index is 399. The molecule has 100 valence electrons. The molecule has 18 heavy (non-hydrogen) atoms. The lowest BCUT2D eigenvalue weighted by Gasteiger charge is -2.25. The van der Waals surface area contributed by atoms with Crippen molar-refractivity contribution in [3.63, 3.8) is 0 Å². The monoisotopic (exact) mass is 261 g/mol. The molecule has 0 spiro atoms. The Kier molecular flexibility index (Phi) is 3.32. The maximum Gasteiger partial charge on any atom is 0.574 e. The average molecular weight is 261 g/mol. The largest absolute Gasteiger partial charge is 0.574 e. The van der Waals surface area contributed by atoms with Gasteiger partial charge in [-0.05, 0) is 19.8 Å². The van der Waals surface area contributed by atoms with E-state index >= 15 is 0 Å². The smallest absolute Gasteiger partial charge is 0.386 e. The number of nitrogens with zero attached hydrogens (tertiary/aromatic N) is 2. The van der Waals surface area contributed by atoms with Gasteiger partial charge in [-0.3, -0.25) is 0 Å². The highest BCUT2D eigenvalue weighted by atomic mass is 19.4. The van der Waals surface area contributed by atoms with E-state index in [-0.39, 0.29) is 5.54 Å². The van der Waals surface area contributed by atoms with Gasteiger partial charge in [-0.2, -0.15) is 0 Å². The van der Waals surface area contributed by atoms with Gasteiger partial charge in [0.2, 0.25) is 5.88 Å². The zero-order valence-corrected chi connectivity index (χ0v) is 9.92. The number of ether oxygens (including phenoxy) is 1. The maximum atomic E-state index is 11.9. The normalized spacial score (nSPS) is 18.7. The summed E-state index contributed by atoms with van der Waals surface area (Å²) in [6.45, 7) is 2.07. The van der Waals surface area contributed by atoms with Crippen LogP contribution in [0.2, 0.25) is 0 Å². The number of rotatable bonds is 3. The van der Waals surface area contributed by atoms with E-state index in [1.165, 1.54) is 6.20 Å². The molecule has 7 heteroatoms. The molecule has 0 aliphatic heterocycles. The molecule has 1 aliphatic carbocycles. The van der Waals surface area contributed by atoms with Gasteiger partial charge in [0.15, 0.2) is 0 Å². The van der Waals surface area contributed by atoms with E-state index in [1.807, 2.05) is 0 Å². The molecule has 1 aromatic heterocycles. The molecular weight excluding hydrogens is 247 g/mol. The first-order valence-electron chi connectivity index (χ1n) is 5.72. The molecule has 1 aliphatic rings. The first-order valence-corrected chi connectivity index (χ1v) is 5.72. The zero-order chi connectivity index (χ0) is 13.2. The van der Waals surface area contributed by atoms with Gasteiger partial charge in [-0.25, -0.2) is 9.97 Å². The summed E-state index contributed by atoms with van der Waals surface area (Å²) in [6, 6.07) is 0. The van der Waals surface area contributed by atoms with Gasteiger partial charge in [-0.15, -0.1) is 13.2 Å². The van der Waals surface area contributed by atoms with E-state index < -0.39 is 12.2 Å². The van der Waals surface area contributed by atoms with Crippen LogP contribution >= 0.6 is 0 Å². The highest BCUT2D eigenvalue weighted by Gasteiger charge is 2.32. The van der Waals surface area contributed by atoms with Crippen LogP contribution in [0, 0.1) is 0 Å². The van der Waals surface area contributed by atoms with Crippen LogP contribution in [0.25, 0.3) is 0 Å². The number of alkyl halides is 3. The van der Waals surface area contributed by atoms with E-state index in [9.17, 15) is 13.2 Å². The maximum absolute atomic E-state index is 11.9. The van der Waals surface area contributed by atoms with Gasteiger partial charge < -0.3 is 10.1 Å². The molecule has 0 aromatic carbocycles. The first kappa shape index (κ1) is 12.9. The van der Waals surface area contributed by atoms with Crippen molar-refractivity contribution in [3.05, 3.63) is 12.4 Å². The molecule has 0 saturated heterocycles. The van der Waals surface area contributed by atoms with Crippen molar-refractivity contribution in [2.24, 2.45) is 0 Å². The van der Waals surface area contributed by atoms with Crippen molar-refractivity contribution < 1.29 is 17.9 Å². The quantitative estimate of drug-likeness (QED) is 0.908. The lowest BCUT2D eigenvalue weighted by Crippen LogP contribution is -2.31. The van der Waals surface area contributed by atoms with Crippen LogP contribution in [0.1, 0.15) is 32.6 Å². The fourth-order valence-corrected chi connectivity index (χ4v) is 2.14. The second-order valence-electron chi connectivity index (χ2n) is 4.68. The van der Waals surface area contributed by atoms with Crippen molar-refractivity contribution in [1.82, 2.24) is 9.97 Å². The summed E-state index contributed by atoms with van der Waals surface area (Å²) >= 11 is 0. The molecule has 1 aromatic rings. The number of nitrogens with one attached hydrogen (secondary N) is 1. The molecular formula is C11H14F3N3O. The van der Waals surface area contributed by atoms with Crippen molar-refractivity contribution in [3.8, 4) is 5.88 Å². The molecule has 0 amide bonds. The molecule has 0 bridgehead atoms. The Labute approximate surface area is 103 Å². The van der Waals surface area contributed by atoms with E-state index in [2.05, 4.69) is 26.9 Å². The Morgan fingerprint density at radius 3 is 2.39 bits per heavy atom. The van der Waals surface area contributed by atoms with E-state index in [0.29, 0.717) is 5.82 Å². The molecule has 1 heterocycles. The first-order chi connectivity index (χ1) is 8.36. The average Bonchev–Trinajstić information content (AvgIpc) is 2.66. The van der Waals surface area contributed by atoms with E-state index in [0.717, 1.165) is 31.9 Å². The van der Waals surface area contributed by atoms with E-state index in [4.69, 9.17) is 0 Å². The van der Waals surface area contributed by atoms with Gasteiger partial charge >= 0.3 is 6.36 Å². The zero-order valence-electron chi connectivity index (χ0n) is 9.92. The SMILES string of the molecule is CC1(Nc2cnc(OC(F)(F)F)cn2)CCCC1. The molecule has 1 fully saturated rings. The van der Waals surface area contributed by atoms with Crippen LogP contribution in [0.4, 0.5) is 19.0 Å². The predicted octanol–water partition coefficient (Wildman–Crippen LogP) is 3.12. The van der Waals surface area contributed by atoms with Crippen LogP contribution in [-0.2, 0) is 0 Å². The van der Waals surface area contributed by atoms with Gasteiger partial charge in [0.1, 0.15) is 5.82 Å². The Balaban J connectivity index is 1.99. The topological polar surface area (TPSA) is 47.0 Å². The summed E-state index contributed by atoms with van der Waals surface area (Å²) in [7, 11) is 0. The second kappa shape index (κ2) is 4.62. The van der Waals surface area contributed by atoms with Crippen LogP contribution in [0.3, 0.4) is 0 Å². The summed E-state index contributed by atoms with van der Waals surface area (Å²) < 4.78 is 39.4. The van der Waals surface area contributed by atoms with Crippen molar-refractivity contribution >= 4 is 5.82 Å². The van der Waals surface area contributed by atoms with Gasteiger partial charge in [-0.1, -0.05) is 12.8 Å². The highest BCUT2D eigenvalue weighted by molar-refractivity contribution is 5.36. The number of hydrogen-bond acceptors (Lipinski definition) is 4. The third-order valence-electron chi connectivity index (χ3n) is 2.99. The minimum atomic E-state index is -4.74. The van der Waals surface area contributed by atoms with E-state index in [1.54, 1.807) is 0 Å². The van der Waals surface area contributed by atoms with Gasteiger partial charge in [0, 0.05) is 5.54 Å². The lowest BCUT2D eigenvalue weighted by molar-refractivity contribution is -0.276. The third-order valence-corrected chi connectivity index (χ3v) is 2.99. The molecule has 1 N–H and O–H groups in total. The number of aromatic nitrogens is 2. The summed E-state index contributed by atoms with van der Waals surface area (Å²) in [6.07, 6.45) is 1.82. The fraction of sp³-hybridized carbons (Fsp3) is 0.636. The van der Waals surface area contributed by atoms with Crippen molar-refractivity contribution in [1.29, 1.82) is 0 Å². The molecule has 1 saturated carbocycles. The molecule has 0 unspecified atom stereocenters.